The third kappa shape index (κ3) is 3.28. The van der Waals surface area contributed by atoms with E-state index in [1.54, 1.807) is 10.3 Å². The summed E-state index contributed by atoms with van der Waals surface area (Å²) in [6.07, 6.45) is 0. The van der Waals surface area contributed by atoms with Crippen LogP contribution in [-0.4, -0.2) is 4.37 Å². The van der Waals surface area contributed by atoms with Crippen molar-refractivity contribution in [2.45, 2.75) is 13.8 Å². The normalized spacial score (nSPS) is 11.2. The fraction of sp³-hybridized carbons (Fsp3) is 0.200. The zero-order valence-corrected chi connectivity index (χ0v) is 13.0. The Morgan fingerprint density at radius 1 is 1.40 bits per heavy atom. The molecule has 0 atom stereocenters. The van der Waals surface area contributed by atoms with Gasteiger partial charge in [-0.25, -0.2) is 0 Å². The third-order valence-electron chi connectivity index (χ3n) is 1.86. The maximum absolute atomic E-state index is 4.55. The first-order valence-corrected chi connectivity index (χ1v) is 6.32. The van der Waals surface area contributed by atoms with Gasteiger partial charge in [0, 0.05) is 43.2 Å². The number of rotatable bonds is 1. The smallest absolute Gasteiger partial charge is 0.148 e. The molecule has 75 valence electrons. The van der Waals surface area contributed by atoms with Gasteiger partial charge in [0.1, 0.15) is 4.67 Å². The Kier molecular flexibility index (Phi) is 5.26. The van der Waals surface area contributed by atoms with Gasteiger partial charge in [-0.05, 0) is 23.0 Å². The second kappa shape index (κ2) is 5.99. The predicted molar refractivity (Wildman–Crippen MR) is 60.0 cm³/mol. The Labute approximate surface area is 122 Å². The van der Waals surface area contributed by atoms with Crippen molar-refractivity contribution in [1.29, 1.82) is 0 Å². The zero-order valence-electron chi connectivity index (χ0n) is 8.52. The summed E-state index contributed by atoms with van der Waals surface area (Å²) in [7, 11) is 3.09. The Morgan fingerprint density at radius 2 is 2.20 bits per heavy atom. The number of hydrogen-bond donors (Lipinski definition) is 0. The van der Waals surface area contributed by atoms with Crippen molar-refractivity contribution in [2.24, 2.45) is 4.99 Å². The van der Waals surface area contributed by atoms with Crippen LogP contribution in [0.3, 0.4) is 0 Å². The minimum Gasteiger partial charge on any atom is -0.261 e. The third-order valence-corrected chi connectivity index (χ3v) is 3.75. The average molecular weight is 310 g/mol. The molecule has 0 amide bonds. The molecular weight excluding hydrogens is 301 g/mol. The Bertz CT molecular complexity index is 502. The molecule has 0 fully saturated rings. The van der Waals surface area contributed by atoms with Crippen molar-refractivity contribution < 1.29 is 32.7 Å². The SMILES string of the molecule is Cc1c[c-]ccc1N=c1ssnc1C.[Y]. The summed E-state index contributed by atoms with van der Waals surface area (Å²) < 4.78 is 5.21. The second-order valence-electron chi connectivity index (χ2n) is 2.96. The van der Waals surface area contributed by atoms with Crippen LogP contribution < -0.4 is 4.67 Å². The van der Waals surface area contributed by atoms with Gasteiger partial charge in [0.25, 0.3) is 0 Å². The number of nitrogens with zero attached hydrogens (tertiary/aromatic N) is 2. The van der Waals surface area contributed by atoms with Crippen molar-refractivity contribution in [3.63, 3.8) is 0 Å². The average Bonchev–Trinajstić information content (AvgIpc) is 2.56. The molecule has 0 N–H and O–H groups in total. The van der Waals surface area contributed by atoms with E-state index in [9.17, 15) is 0 Å². The van der Waals surface area contributed by atoms with Crippen LogP contribution in [0.1, 0.15) is 11.3 Å². The summed E-state index contributed by atoms with van der Waals surface area (Å²) in [5.41, 5.74) is 3.15. The summed E-state index contributed by atoms with van der Waals surface area (Å²) in [4.78, 5) is 4.55. The molecule has 1 radical (unpaired) electrons. The van der Waals surface area contributed by atoms with E-state index in [1.807, 2.05) is 32.0 Å². The van der Waals surface area contributed by atoms with Crippen molar-refractivity contribution in [1.82, 2.24) is 4.37 Å². The van der Waals surface area contributed by atoms with Crippen LogP contribution >= 0.6 is 20.9 Å². The van der Waals surface area contributed by atoms with E-state index in [0.29, 0.717) is 0 Å². The van der Waals surface area contributed by atoms with Crippen LogP contribution in [0.25, 0.3) is 0 Å². The van der Waals surface area contributed by atoms with Gasteiger partial charge in [0.2, 0.25) is 0 Å². The van der Waals surface area contributed by atoms with Crippen LogP contribution in [-0.2, 0) is 32.7 Å². The van der Waals surface area contributed by atoms with Gasteiger partial charge in [-0.3, -0.25) is 4.99 Å². The summed E-state index contributed by atoms with van der Waals surface area (Å²) in [5, 5.41) is 0. The van der Waals surface area contributed by atoms with Gasteiger partial charge in [-0.1, -0.05) is 6.92 Å². The number of aromatic nitrogens is 1. The molecule has 0 saturated carbocycles. The van der Waals surface area contributed by atoms with Crippen LogP contribution in [0.5, 0.6) is 0 Å². The molecule has 0 unspecified atom stereocenters. The Hall–Kier alpha value is 0.104. The Balaban J connectivity index is 0.00000112. The summed E-state index contributed by atoms with van der Waals surface area (Å²) in [5.74, 6) is 0. The van der Waals surface area contributed by atoms with E-state index in [1.165, 1.54) is 10.5 Å². The van der Waals surface area contributed by atoms with Crippen molar-refractivity contribution in [3.05, 3.63) is 40.2 Å². The molecule has 0 spiro atoms. The molecule has 5 heteroatoms. The van der Waals surface area contributed by atoms with E-state index in [0.717, 1.165) is 21.6 Å². The molecule has 0 aliphatic heterocycles. The van der Waals surface area contributed by atoms with Gasteiger partial charge in [0.05, 0.1) is 5.69 Å². The van der Waals surface area contributed by atoms with Crippen LogP contribution in [0, 0.1) is 19.9 Å². The standard InChI is InChI=1S/C10H9N2S2.Y/c1-7-5-3-4-6-9(7)11-10-8(2)12-14-13-10;/h4-6H,1-2H3;/q-1;. The summed E-state index contributed by atoms with van der Waals surface area (Å²) in [6.45, 7) is 4.02. The van der Waals surface area contributed by atoms with Crippen LogP contribution in [0.2, 0.25) is 0 Å². The van der Waals surface area contributed by atoms with Crippen LogP contribution in [0.4, 0.5) is 5.69 Å². The molecule has 15 heavy (non-hydrogen) atoms. The second-order valence-corrected chi connectivity index (χ2v) is 4.80. The quantitative estimate of drug-likeness (QED) is 0.587. The monoisotopic (exact) mass is 310 g/mol. The van der Waals surface area contributed by atoms with E-state index >= 15 is 0 Å². The Morgan fingerprint density at radius 3 is 2.80 bits per heavy atom. The largest absolute Gasteiger partial charge is 0.261 e. The molecular formula is C10H9N2S2Y-. The van der Waals surface area contributed by atoms with Crippen molar-refractivity contribution in [3.8, 4) is 0 Å². The molecule has 2 rings (SSSR count). The molecule has 0 bridgehead atoms. The molecule has 1 aromatic heterocycles. The molecule has 2 nitrogen and oxygen atoms in total. The molecule has 0 aliphatic carbocycles. The molecule has 1 heterocycles. The molecule has 0 saturated heterocycles. The van der Waals surface area contributed by atoms with Crippen molar-refractivity contribution in [2.75, 3.05) is 0 Å². The van der Waals surface area contributed by atoms with E-state index in [4.69, 9.17) is 0 Å². The van der Waals surface area contributed by atoms with E-state index in [2.05, 4.69) is 15.4 Å². The fourth-order valence-electron chi connectivity index (χ4n) is 1.05. The maximum Gasteiger partial charge on any atom is 0.148 e. The van der Waals surface area contributed by atoms with Gasteiger partial charge >= 0.3 is 0 Å². The predicted octanol–water partition coefficient (Wildman–Crippen LogP) is 2.85. The van der Waals surface area contributed by atoms with E-state index < -0.39 is 0 Å². The first-order chi connectivity index (χ1) is 6.77. The van der Waals surface area contributed by atoms with Crippen LogP contribution in [0.15, 0.2) is 23.2 Å². The maximum atomic E-state index is 4.55. The van der Waals surface area contributed by atoms with Gasteiger partial charge < -0.3 is 0 Å². The molecule has 1 aromatic carbocycles. The molecule has 0 aliphatic rings. The minimum absolute atomic E-state index is 0. The van der Waals surface area contributed by atoms with Gasteiger partial charge in [-0.15, -0.1) is 11.6 Å². The van der Waals surface area contributed by atoms with Crippen molar-refractivity contribution >= 4 is 26.6 Å². The summed E-state index contributed by atoms with van der Waals surface area (Å²) in [6, 6.07) is 8.82. The topological polar surface area (TPSA) is 25.2 Å². The summed E-state index contributed by atoms with van der Waals surface area (Å²) >= 11 is 0. The minimum atomic E-state index is 0. The van der Waals surface area contributed by atoms with Gasteiger partial charge in [0.15, 0.2) is 0 Å². The molecule has 2 aromatic rings. The number of hydrogen-bond acceptors (Lipinski definition) is 4. The fourth-order valence-corrected chi connectivity index (χ4v) is 2.85. The van der Waals surface area contributed by atoms with Gasteiger partial charge in [-0.2, -0.15) is 22.6 Å². The number of benzene rings is 1. The van der Waals surface area contributed by atoms with E-state index in [-0.39, 0.29) is 32.7 Å². The number of aryl methyl sites for hydroxylation is 2. The first-order valence-electron chi connectivity index (χ1n) is 4.21. The zero-order chi connectivity index (χ0) is 9.97. The first kappa shape index (κ1) is 13.2.